The number of sulfonamides is 1. The summed E-state index contributed by atoms with van der Waals surface area (Å²) in [4.78, 5) is 8.93. The van der Waals surface area contributed by atoms with Gasteiger partial charge in [-0.2, -0.15) is 4.31 Å². The Morgan fingerprint density at radius 3 is 2.52 bits per heavy atom. The number of benzene rings is 1. The minimum Gasteiger partial charge on any atom is -0.241 e. The van der Waals surface area contributed by atoms with Gasteiger partial charge in [0, 0.05) is 37.0 Å². The van der Waals surface area contributed by atoms with Crippen LogP contribution in [0.1, 0.15) is 42.4 Å². The molecule has 0 saturated carbocycles. The Kier molecular flexibility index (Phi) is 4.21. The third-order valence-corrected chi connectivity index (χ3v) is 6.06. The molecular formula is C17H21N3O2S. The first-order valence-corrected chi connectivity index (χ1v) is 9.23. The first-order chi connectivity index (χ1) is 10.9. The molecule has 0 atom stereocenters. The lowest BCUT2D eigenvalue weighted by atomic mass is 10.0. The van der Waals surface area contributed by atoms with Crippen molar-refractivity contribution in [2.75, 3.05) is 6.54 Å². The van der Waals surface area contributed by atoms with Crippen LogP contribution in [0.5, 0.6) is 0 Å². The zero-order valence-corrected chi connectivity index (χ0v) is 14.5. The Labute approximate surface area is 137 Å². The van der Waals surface area contributed by atoms with Crippen molar-refractivity contribution in [3.05, 3.63) is 53.1 Å². The summed E-state index contributed by atoms with van der Waals surface area (Å²) >= 11 is 0. The van der Waals surface area contributed by atoms with E-state index < -0.39 is 10.0 Å². The van der Waals surface area contributed by atoms with Gasteiger partial charge in [0.2, 0.25) is 10.0 Å². The SMILES string of the molecule is Cc1ncc2c(n1)CCN(S(=O)(=O)c1ccc(C(C)C)cc1)C2. The first kappa shape index (κ1) is 16.1. The van der Waals surface area contributed by atoms with Crippen LogP contribution in [0, 0.1) is 6.92 Å². The van der Waals surface area contributed by atoms with E-state index in [1.807, 2.05) is 19.1 Å². The van der Waals surface area contributed by atoms with Gasteiger partial charge in [-0.15, -0.1) is 0 Å². The molecule has 0 bridgehead atoms. The van der Waals surface area contributed by atoms with Crippen LogP contribution >= 0.6 is 0 Å². The van der Waals surface area contributed by atoms with E-state index in [-0.39, 0.29) is 0 Å². The average molecular weight is 331 g/mol. The maximum Gasteiger partial charge on any atom is 0.243 e. The van der Waals surface area contributed by atoms with E-state index in [1.54, 1.807) is 18.3 Å². The molecule has 5 nitrogen and oxygen atoms in total. The lowest BCUT2D eigenvalue weighted by Crippen LogP contribution is -2.36. The number of aromatic nitrogens is 2. The highest BCUT2D eigenvalue weighted by molar-refractivity contribution is 7.89. The Morgan fingerprint density at radius 1 is 1.17 bits per heavy atom. The highest BCUT2D eigenvalue weighted by Gasteiger charge is 2.29. The molecule has 0 amide bonds. The van der Waals surface area contributed by atoms with Crippen LogP contribution < -0.4 is 0 Å². The largest absolute Gasteiger partial charge is 0.243 e. The molecule has 2 aromatic rings. The molecule has 1 aliphatic heterocycles. The van der Waals surface area contributed by atoms with Gasteiger partial charge in [0.15, 0.2) is 0 Å². The van der Waals surface area contributed by atoms with Crippen LogP contribution in [0.3, 0.4) is 0 Å². The number of hydrogen-bond acceptors (Lipinski definition) is 4. The molecule has 0 unspecified atom stereocenters. The van der Waals surface area contributed by atoms with E-state index in [2.05, 4.69) is 23.8 Å². The molecule has 23 heavy (non-hydrogen) atoms. The zero-order chi connectivity index (χ0) is 16.6. The summed E-state index contributed by atoms with van der Waals surface area (Å²) in [5.41, 5.74) is 2.99. The summed E-state index contributed by atoms with van der Waals surface area (Å²) < 4.78 is 27.2. The van der Waals surface area contributed by atoms with Gasteiger partial charge in [0.1, 0.15) is 5.82 Å². The van der Waals surface area contributed by atoms with Crippen molar-refractivity contribution < 1.29 is 8.42 Å². The second kappa shape index (κ2) is 6.02. The van der Waals surface area contributed by atoms with Crippen LogP contribution in [0.15, 0.2) is 35.4 Å². The third kappa shape index (κ3) is 3.14. The summed E-state index contributed by atoms with van der Waals surface area (Å²) in [5, 5.41) is 0. The summed E-state index contributed by atoms with van der Waals surface area (Å²) in [6.45, 7) is 6.82. The van der Waals surface area contributed by atoms with Gasteiger partial charge in [-0.05, 0) is 30.5 Å². The van der Waals surface area contributed by atoms with Gasteiger partial charge in [0.05, 0.1) is 4.90 Å². The molecule has 0 spiro atoms. The Hall–Kier alpha value is -1.79. The average Bonchev–Trinajstić information content (AvgIpc) is 2.54. The Bertz CT molecular complexity index is 814. The molecule has 0 radical (unpaired) electrons. The molecule has 1 aromatic carbocycles. The normalized spacial score (nSPS) is 15.7. The van der Waals surface area contributed by atoms with Crippen molar-refractivity contribution in [3.8, 4) is 0 Å². The van der Waals surface area contributed by atoms with Crippen LogP contribution in [0.2, 0.25) is 0 Å². The van der Waals surface area contributed by atoms with Crippen LogP contribution in [-0.2, 0) is 23.0 Å². The molecule has 0 fully saturated rings. The lowest BCUT2D eigenvalue weighted by molar-refractivity contribution is 0.386. The minimum absolute atomic E-state index is 0.337. The number of aryl methyl sites for hydroxylation is 1. The fourth-order valence-electron chi connectivity index (χ4n) is 2.77. The molecule has 1 aromatic heterocycles. The van der Waals surface area contributed by atoms with Crippen molar-refractivity contribution in [2.45, 2.75) is 44.6 Å². The van der Waals surface area contributed by atoms with Crippen molar-refractivity contribution in [3.63, 3.8) is 0 Å². The van der Waals surface area contributed by atoms with Gasteiger partial charge in [-0.25, -0.2) is 18.4 Å². The van der Waals surface area contributed by atoms with E-state index >= 15 is 0 Å². The quantitative estimate of drug-likeness (QED) is 0.867. The molecule has 2 heterocycles. The van der Waals surface area contributed by atoms with E-state index in [1.165, 1.54) is 4.31 Å². The summed E-state index contributed by atoms with van der Waals surface area (Å²) in [7, 11) is -3.48. The fourth-order valence-corrected chi connectivity index (χ4v) is 4.19. The van der Waals surface area contributed by atoms with E-state index in [4.69, 9.17) is 0 Å². The van der Waals surface area contributed by atoms with Gasteiger partial charge >= 0.3 is 0 Å². The number of rotatable bonds is 3. The highest BCUT2D eigenvalue weighted by atomic mass is 32.2. The van der Waals surface area contributed by atoms with Gasteiger partial charge in [0.25, 0.3) is 0 Å². The second-order valence-corrected chi connectivity index (χ2v) is 8.14. The van der Waals surface area contributed by atoms with Crippen LogP contribution in [-0.4, -0.2) is 29.2 Å². The topological polar surface area (TPSA) is 63.2 Å². The summed E-state index contributed by atoms with van der Waals surface area (Å²) in [5.74, 6) is 1.11. The maximum absolute atomic E-state index is 12.8. The number of nitrogens with zero attached hydrogens (tertiary/aromatic N) is 3. The van der Waals surface area contributed by atoms with E-state index in [0.29, 0.717) is 30.3 Å². The second-order valence-electron chi connectivity index (χ2n) is 6.20. The standard InChI is InChI=1S/C17H21N3O2S/c1-12(2)14-4-6-16(7-5-14)23(21,22)20-9-8-17-15(11-20)10-18-13(3)19-17/h4-7,10,12H,8-9,11H2,1-3H3. The van der Waals surface area contributed by atoms with Gasteiger partial charge in [-0.1, -0.05) is 26.0 Å². The molecule has 122 valence electrons. The minimum atomic E-state index is -3.48. The predicted octanol–water partition coefficient (Wildman–Crippen LogP) is 2.66. The Morgan fingerprint density at radius 2 is 1.87 bits per heavy atom. The fraction of sp³-hybridized carbons (Fsp3) is 0.412. The molecular weight excluding hydrogens is 310 g/mol. The maximum atomic E-state index is 12.8. The van der Waals surface area contributed by atoms with Gasteiger partial charge < -0.3 is 0 Å². The molecule has 3 rings (SSSR count). The van der Waals surface area contributed by atoms with E-state index in [9.17, 15) is 8.42 Å². The number of hydrogen-bond donors (Lipinski definition) is 0. The summed E-state index contributed by atoms with van der Waals surface area (Å²) in [6, 6.07) is 7.18. The zero-order valence-electron chi connectivity index (χ0n) is 13.7. The smallest absolute Gasteiger partial charge is 0.241 e. The molecule has 6 heteroatoms. The summed E-state index contributed by atoms with van der Waals surface area (Å²) in [6.07, 6.45) is 2.36. The number of fused-ring (bicyclic) bond motifs is 1. The Balaban J connectivity index is 1.87. The third-order valence-electron chi connectivity index (χ3n) is 4.20. The van der Waals surface area contributed by atoms with Crippen LogP contribution in [0.4, 0.5) is 0 Å². The van der Waals surface area contributed by atoms with Crippen molar-refractivity contribution >= 4 is 10.0 Å². The molecule has 0 N–H and O–H groups in total. The highest BCUT2D eigenvalue weighted by Crippen LogP contribution is 2.25. The van der Waals surface area contributed by atoms with E-state index in [0.717, 1.165) is 22.6 Å². The molecule has 0 aliphatic carbocycles. The lowest BCUT2D eigenvalue weighted by Gasteiger charge is -2.27. The predicted molar refractivity (Wildman–Crippen MR) is 88.6 cm³/mol. The molecule has 1 aliphatic rings. The van der Waals surface area contributed by atoms with Crippen LogP contribution in [0.25, 0.3) is 0 Å². The first-order valence-electron chi connectivity index (χ1n) is 7.79. The monoisotopic (exact) mass is 331 g/mol. The van der Waals surface area contributed by atoms with Crippen molar-refractivity contribution in [1.29, 1.82) is 0 Å². The van der Waals surface area contributed by atoms with Crippen molar-refractivity contribution in [2.24, 2.45) is 0 Å². The molecule has 0 saturated heterocycles. The van der Waals surface area contributed by atoms with Gasteiger partial charge in [-0.3, -0.25) is 0 Å². The van der Waals surface area contributed by atoms with Crippen molar-refractivity contribution in [1.82, 2.24) is 14.3 Å².